The highest BCUT2D eigenvalue weighted by molar-refractivity contribution is 4.89. The van der Waals surface area contributed by atoms with Crippen molar-refractivity contribution in [2.75, 3.05) is 0 Å². The fraction of sp³-hybridized carbons (Fsp3) is 1.00. The number of aliphatic hydroxyl groups is 5. The number of hydrogen-bond acceptors (Lipinski definition) is 6. The van der Waals surface area contributed by atoms with Crippen LogP contribution in [0, 0.1) is 0 Å². The van der Waals surface area contributed by atoms with Crippen LogP contribution in [0.25, 0.3) is 0 Å². The zero-order chi connectivity index (χ0) is 9.52. The molecule has 1 aliphatic heterocycles. The van der Waals surface area contributed by atoms with Crippen LogP contribution < -0.4 is 0 Å². The van der Waals surface area contributed by atoms with Crippen molar-refractivity contribution >= 4 is 0 Å². The Hall–Kier alpha value is -0.240. The van der Waals surface area contributed by atoms with Gasteiger partial charge in [0.15, 0.2) is 6.10 Å². The fourth-order valence-electron chi connectivity index (χ4n) is 1.10. The molecule has 1 heterocycles. The third kappa shape index (κ3) is 1.45. The molecule has 1 rings (SSSR count). The van der Waals surface area contributed by atoms with E-state index in [0.29, 0.717) is 0 Å². The maximum atomic E-state index is 9.09. The van der Waals surface area contributed by atoms with E-state index in [9.17, 15) is 0 Å². The van der Waals surface area contributed by atoms with Crippen LogP contribution in [0.5, 0.6) is 0 Å². The molecule has 0 aliphatic carbocycles. The lowest BCUT2D eigenvalue weighted by Crippen LogP contribution is -2.63. The van der Waals surface area contributed by atoms with Crippen molar-refractivity contribution in [3.8, 4) is 0 Å². The second-order valence-corrected chi connectivity index (χ2v) is 2.91. The van der Waals surface area contributed by atoms with Crippen LogP contribution in [0.15, 0.2) is 0 Å². The molecule has 6 heteroatoms. The quantitative estimate of drug-likeness (QED) is 0.256. The Morgan fingerprint density at radius 1 is 1.08 bits per heavy atom. The average Bonchev–Trinajstić information content (AvgIpc) is 1.97. The molecule has 0 saturated carbocycles. The lowest BCUT2D eigenvalue weighted by atomic mass is 9.99. The van der Waals surface area contributed by atoms with Crippen LogP contribution in [-0.2, 0) is 4.74 Å². The summed E-state index contributed by atoms with van der Waals surface area (Å²) in [6, 6.07) is 0. The zero-order valence-electron chi connectivity index (χ0n) is 6.45. The molecular weight excluding hydrogens is 168 g/mol. The highest BCUT2D eigenvalue weighted by atomic mass is 16.8. The summed E-state index contributed by atoms with van der Waals surface area (Å²) in [7, 11) is 0. The Balaban J connectivity index is 2.78. The Labute approximate surface area is 68.6 Å². The van der Waals surface area contributed by atoms with Crippen molar-refractivity contribution in [1.29, 1.82) is 0 Å². The molecule has 6 nitrogen and oxygen atoms in total. The van der Waals surface area contributed by atoms with Gasteiger partial charge in [-0.05, 0) is 6.92 Å². The third-order valence-corrected chi connectivity index (χ3v) is 1.90. The van der Waals surface area contributed by atoms with Crippen molar-refractivity contribution < 1.29 is 30.3 Å². The SMILES string of the molecule is CC1OC(O)(O)C(O)[C@H](O)[C@@H]1O. The molecule has 0 amide bonds. The first-order chi connectivity index (χ1) is 5.36. The molecule has 0 spiro atoms. The van der Waals surface area contributed by atoms with E-state index in [0.717, 1.165) is 0 Å². The van der Waals surface area contributed by atoms with Crippen molar-refractivity contribution in [2.45, 2.75) is 37.3 Å². The van der Waals surface area contributed by atoms with E-state index in [2.05, 4.69) is 4.74 Å². The predicted octanol–water partition coefficient (Wildman–Crippen LogP) is -2.87. The van der Waals surface area contributed by atoms with Crippen molar-refractivity contribution in [1.82, 2.24) is 0 Å². The van der Waals surface area contributed by atoms with Crippen LogP contribution in [0.2, 0.25) is 0 Å². The standard InChI is InChI=1S/C6H12O6/c1-2-3(7)4(8)5(9)6(10,11)12-2/h2-5,7-11H,1H3/t2?,3-,4-,5?/m1/s1. The van der Waals surface area contributed by atoms with Crippen molar-refractivity contribution in [3.05, 3.63) is 0 Å². The van der Waals surface area contributed by atoms with Crippen molar-refractivity contribution in [2.24, 2.45) is 0 Å². The molecule has 1 saturated heterocycles. The maximum Gasteiger partial charge on any atom is 0.308 e. The van der Waals surface area contributed by atoms with E-state index in [4.69, 9.17) is 25.5 Å². The van der Waals surface area contributed by atoms with Gasteiger partial charge in [-0.3, -0.25) is 0 Å². The van der Waals surface area contributed by atoms with Gasteiger partial charge in [0, 0.05) is 0 Å². The lowest BCUT2D eigenvalue weighted by Gasteiger charge is -2.41. The minimum Gasteiger partial charge on any atom is -0.388 e. The molecule has 0 aromatic heterocycles. The summed E-state index contributed by atoms with van der Waals surface area (Å²) in [6.07, 6.45) is -5.82. The molecule has 1 fully saturated rings. The summed E-state index contributed by atoms with van der Waals surface area (Å²) >= 11 is 0. The van der Waals surface area contributed by atoms with E-state index in [1.165, 1.54) is 6.92 Å². The van der Waals surface area contributed by atoms with Gasteiger partial charge in [-0.1, -0.05) is 0 Å². The third-order valence-electron chi connectivity index (χ3n) is 1.90. The average molecular weight is 180 g/mol. The Morgan fingerprint density at radius 2 is 1.58 bits per heavy atom. The van der Waals surface area contributed by atoms with Crippen LogP contribution in [0.4, 0.5) is 0 Å². The first-order valence-electron chi connectivity index (χ1n) is 3.53. The van der Waals surface area contributed by atoms with Gasteiger partial charge in [0.2, 0.25) is 0 Å². The second kappa shape index (κ2) is 2.91. The highest BCUT2D eigenvalue weighted by Crippen LogP contribution is 2.25. The molecule has 5 N–H and O–H groups in total. The van der Waals surface area contributed by atoms with Gasteiger partial charge in [-0.15, -0.1) is 0 Å². The van der Waals surface area contributed by atoms with Crippen LogP contribution in [0.3, 0.4) is 0 Å². The maximum absolute atomic E-state index is 9.09. The Bertz CT molecular complexity index is 169. The van der Waals surface area contributed by atoms with Crippen molar-refractivity contribution in [3.63, 3.8) is 0 Å². The van der Waals surface area contributed by atoms with Gasteiger partial charge in [-0.2, -0.15) is 0 Å². The first-order valence-corrected chi connectivity index (χ1v) is 3.53. The first kappa shape index (κ1) is 9.85. The number of hydrogen-bond donors (Lipinski definition) is 5. The molecule has 0 bridgehead atoms. The van der Waals surface area contributed by atoms with Gasteiger partial charge in [-0.25, -0.2) is 0 Å². The van der Waals surface area contributed by atoms with E-state index in [1.807, 2.05) is 0 Å². The molecular formula is C6H12O6. The van der Waals surface area contributed by atoms with Gasteiger partial charge in [0.1, 0.15) is 12.2 Å². The summed E-state index contributed by atoms with van der Waals surface area (Å²) in [5.74, 6) is -2.79. The van der Waals surface area contributed by atoms with Gasteiger partial charge in [0.25, 0.3) is 0 Å². The minimum atomic E-state index is -2.79. The fourth-order valence-corrected chi connectivity index (χ4v) is 1.10. The summed E-state index contributed by atoms with van der Waals surface area (Å²) in [6.45, 7) is 1.35. The Morgan fingerprint density at radius 3 is 2.08 bits per heavy atom. The van der Waals surface area contributed by atoms with E-state index < -0.39 is 30.4 Å². The van der Waals surface area contributed by atoms with E-state index in [1.54, 1.807) is 0 Å². The normalized spacial score (nSPS) is 47.5. The Kier molecular flexibility index (Phi) is 2.39. The molecule has 4 atom stereocenters. The largest absolute Gasteiger partial charge is 0.388 e. The van der Waals surface area contributed by atoms with E-state index >= 15 is 0 Å². The van der Waals surface area contributed by atoms with Gasteiger partial charge >= 0.3 is 5.97 Å². The van der Waals surface area contributed by atoms with Crippen LogP contribution in [0.1, 0.15) is 6.92 Å². The molecule has 72 valence electrons. The second-order valence-electron chi connectivity index (χ2n) is 2.91. The highest BCUT2D eigenvalue weighted by Gasteiger charge is 2.50. The predicted molar refractivity (Wildman–Crippen MR) is 35.7 cm³/mol. The molecule has 0 radical (unpaired) electrons. The monoisotopic (exact) mass is 180 g/mol. The number of aliphatic hydroxyl groups excluding tert-OH is 3. The summed E-state index contributed by atoms with van der Waals surface area (Å²) < 4.78 is 4.42. The smallest absolute Gasteiger partial charge is 0.308 e. The summed E-state index contributed by atoms with van der Waals surface area (Å²) in [5.41, 5.74) is 0. The minimum absolute atomic E-state index is 0.946. The summed E-state index contributed by atoms with van der Waals surface area (Å²) in [4.78, 5) is 0. The van der Waals surface area contributed by atoms with Gasteiger partial charge in [0.05, 0.1) is 6.10 Å². The van der Waals surface area contributed by atoms with E-state index in [-0.39, 0.29) is 0 Å². The van der Waals surface area contributed by atoms with Crippen LogP contribution >= 0.6 is 0 Å². The topological polar surface area (TPSA) is 110 Å². The lowest BCUT2D eigenvalue weighted by molar-refractivity contribution is -0.431. The molecule has 2 unspecified atom stereocenters. The number of rotatable bonds is 0. The molecule has 12 heavy (non-hydrogen) atoms. The van der Waals surface area contributed by atoms with Gasteiger partial charge < -0.3 is 30.3 Å². The zero-order valence-corrected chi connectivity index (χ0v) is 6.45. The van der Waals surface area contributed by atoms with Crippen LogP contribution in [-0.4, -0.2) is 55.9 Å². The summed E-state index contributed by atoms with van der Waals surface area (Å²) in [5, 5.41) is 44.9. The number of ether oxygens (including phenoxy) is 1. The molecule has 0 aromatic carbocycles. The molecule has 0 aromatic rings. The molecule has 1 aliphatic rings.